The summed E-state index contributed by atoms with van der Waals surface area (Å²) >= 11 is 0. The van der Waals surface area contributed by atoms with Gasteiger partial charge in [0, 0.05) is 49.6 Å². The summed E-state index contributed by atoms with van der Waals surface area (Å²) in [6.45, 7) is 12.9. The van der Waals surface area contributed by atoms with Crippen LogP contribution in [0.2, 0.25) is 0 Å². The van der Waals surface area contributed by atoms with Gasteiger partial charge < -0.3 is 9.13 Å². The minimum atomic E-state index is 0.478. The molecule has 4 saturated carbocycles. The molecule has 14 rings (SSSR count). The van der Waals surface area contributed by atoms with Gasteiger partial charge in [-0.3, -0.25) is 0 Å². The highest BCUT2D eigenvalue weighted by Gasteiger charge is 2.60. The van der Waals surface area contributed by atoms with Gasteiger partial charge in [-0.2, -0.15) is 0 Å². The molecule has 0 spiro atoms. The third kappa shape index (κ3) is 8.19. The second-order valence-corrected chi connectivity index (χ2v) is 25.4. The molecule has 1 unspecified atom stereocenters. The van der Waals surface area contributed by atoms with Crippen LogP contribution >= 0.6 is 0 Å². The fourth-order valence-electron chi connectivity index (χ4n) is 17.2. The van der Waals surface area contributed by atoms with Crippen molar-refractivity contribution in [1.82, 2.24) is 24.1 Å². The molecule has 0 bridgehead atoms. The lowest BCUT2D eigenvalue weighted by Crippen LogP contribution is -2.53. The van der Waals surface area contributed by atoms with Gasteiger partial charge in [0.15, 0.2) is 17.5 Å². The second-order valence-electron chi connectivity index (χ2n) is 25.4. The van der Waals surface area contributed by atoms with E-state index in [9.17, 15) is 0 Å². The molecule has 10 aromatic rings. The average Bonchev–Trinajstić information content (AvgIpc) is 4.30. The molecule has 388 valence electrons. The summed E-state index contributed by atoms with van der Waals surface area (Å²) in [4.78, 5) is 15.8. The Bertz CT molecular complexity index is 3790. The van der Waals surface area contributed by atoms with Crippen LogP contribution in [-0.2, 0) is 0 Å². The molecule has 0 aliphatic heterocycles. The molecule has 4 aliphatic rings. The van der Waals surface area contributed by atoms with Crippen molar-refractivity contribution in [1.29, 1.82) is 0 Å². The summed E-state index contributed by atoms with van der Waals surface area (Å²) in [6.07, 6.45) is 17.0. The number of hydrogen-bond donors (Lipinski definition) is 0. The SMILES string of the molecule is CC(C)CCC[C@@H](C)[C@H]1CC[C@H]2[C@@H]3CC[C@H]4CC(c5ccc(-c6nc(-c7ccccc7)nc(-c7cccc(-n8c9ccccc9c9cc%10c%11ccccc%11n(-c%11ccccc%11)c%10cc98)c7)n6)cc5)CC[C@]4(C)[C@H]3CC[C@]12C. The molecule has 77 heavy (non-hydrogen) atoms. The van der Waals surface area contributed by atoms with E-state index in [1.54, 1.807) is 0 Å². The third-order valence-corrected chi connectivity index (χ3v) is 21.0. The predicted octanol–water partition coefficient (Wildman–Crippen LogP) is 19.3. The van der Waals surface area contributed by atoms with Crippen molar-refractivity contribution in [3.63, 3.8) is 0 Å². The van der Waals surface area contributed by atoms with Crippen LogP contribution < -0.4 is 0 Å². The van der Waals surface area contributed by atoms with Crippen LogP contribution in [0.1, 0.15) is 123 Å². The maximum Gasteiger partial charge on any atom is 0.164 e. The number of para-hydroxylation sites is 3. The molecule has 3 heterocycles. The van der Waals surface area contributed by atoms with E-state index in [0.29, 0.717) is 34.2 Å². The lowest BCUT2D eigenvalue weighted by atomic mass is 9.43. The Morgan fingerprint density at radius 2 is 1.04 bits per heavy atom. The van der Waals surface area contributed by atoms with Gasteiger partial charge in [0.05, 0.1) is 22.1 Å². The minimum Gasteiger partial charge on any atom is -0.309 e. The largest absolute Gasteiger partial charge is 0.309 e. The van der Waals surface area contributed by atoms with Crippen molar-refractivity contribution in [3.05, 3.63) is 175 Å². The van der Waals surface area contributed by atoms with Gasteiger partial charge >= 0.3 is 0 Å². The predicted molar refractivity (Wildman–Crippen MR) is 321 cm³/mol. The van der Waals surface area contributed by atoms with Gasteiger partial charge in [-0.05, 0) is 170 Å². The molecule has 7 aromatic carbocycles. The van der Waals surface area contributed by atoms with Crippen LogP contribution in [0.25, 0.3) is 89.2 Å². The Morgan fingerprint density at radius 1 is 0.468 bits per heavy atom. The molecule has 4 aliphatic carbocycles. The number of aromatic nitrogens is 5. The highest BCUT2D eigenvalue weighted by atomic mass is 15.0. The first-order valence-corrected chi connectivity index (χ1v) is 29.7. The van der Waals surface area contributed by atoms with Gasteiger partial charge in [-0.25, -0.2) is 15.0 Å². The van der Waals surface area contributed by atoms with Crippen LogP contribution in [0.4, 0.5) is 0 Å². The number of nitrogens with zero attached hydrogens (tertiary/aromatic N) is 5. The maximum atomic E-state index is 5.33. The molecular weight excluding hydrogens is 935 g/mol. The summed E-state index contributed by atoms with van der Waals surface area (Å²) in [5, 5.41) is 4.96. The fourth-order valence-corrected chi connectivity index (χ4v) is 17.2. The van der Waals surface area contributed by atoms with E-state index in [1.807, 2.05) is 0 Å². The summed E-state index contributed by atoms with van der Waals surface area (Å²) < 4.78 is 4.83. The first-order valence-electron chi connectivity index (χ1n) is 29.7. The standard InChI is InChI=1S/C72H75N5/c1-46(2)18-16-19-47(3)61-36-37-62-58-35-34-53-42-51(38-40-71(53,4)63(58)39-41-72(61,62)5)48-30-32-50(33-31-48)69-73-68(49-20-8-6-9-21-49)74-70(75-69)52-22-17-25-55(43-52)77-65-29-15-13-27-57(65)60-44-59-56-26-12-14-28-64(56)76(66(59)45-67(60)77)54-23-10-7-11-24-54/h6-15,17,20-33,43-47,51,53,58,61-63H,16,18-19,34-42H2,1-5H3/t47-,51?,53+,58+,61-,62+,63+,71+,72-/m1/s1. The smallest absolute Gasteiger partial charge is 0.164 e. The number of hydrogen-bond acceptors (Lipinski definition) is 3. The Labute approximate surface area is 456 Å². The lowest BCUT2D eigenvalue weighted by molar-refractivity contribution is -0.117. The van der Waals surface area contributed by atoms with E-state index in [2.05, 4.69) is 214 Å². The Hall–Kier alpha value is -6.85. The molecule has 0 radical (unpaired) electrons. The van der Waals surface area contributed by atoms with E-state index in [0.717, 1.165) is 80.5 Å². The van der Waals surface area contributed by atoms with E-state index in [-0.39, 0.29) is 0 Å². The van der Waals surface area contributed by atoms with E-state index >= 15 is 0 Å². The van der Waals surface area contributed by atoms with Gasteiger partial charge in [0.25, 0.3) is 0 Å². The number of fused-ring (bicyclic) bond motifs is 11. The van der Waals surface area contributed by atoms with Gasteiger partial charge in [-0.15, -0.1) is 0 Å². The van der Waals surface area contributed by atoms with Gasteiger partial charge in [0.2, 0.25) is 0 Å². The third-order valence-electron chi connectivity index (χ3n) is 21.0. The van der Waals surface area contributed by atoms with Crippen LogP contribution in [0.3, 0.4) is 0 Å². The van der Waals surface area contributed by atoms with Crippen LogP contribution in [-0.4, -0.2) is 24.1 Å². The maximum absolute atomic E-state index is 5.33. The normalized spacial score (nSPS) is 25.6. The van der Waals surface area contributed by atoms with Gasteiger partial charge in [-0.1, -0.05) is 175 Å². The average molecular weight is 1010 g/mol. The fraction of sp³-hybridized carbons (Fsp3) is 0.375. The molecule has 5 nitrogen and oxygen atoms in total. The zero-order valence-corrected chi connectivity index (χ0v) is 46.0. The monoisotopic (exact) mass is 1010 g/mol. The van der Waals surface area contributed by atoms with Crippen molar-refractivity contribution in [2.24, 2.45) is 52.3 Å². The Morgan fingerprint density at radius 3 is 1.73 bits per heavy atom. The molecule has 0 amide bonds. The summed E-state index contributed by atoms with van der Waals surface area (Å²) in [5.74, 6) is 8.88. The van der Waals surface area contributed by atoms with E-state index in [1.165, 1.54) is 115 Å². The van der Waals surface area contributed by atoms with Crippen LogP contribution in [0, 0.1) is 52.3 Å². The van der Waals surface area contributed by atoms with Crippen molar-refractivity contribution in [3.8, 4) is 45.5 Å². The van der Waals surface area contributed by atoms with Crippen molar-refractivity contribution in [2.45, 2.75) is 118 Å². The van der Waals surface area contributed by atoms with Crippen LogP contribution in [0.15, 0.2) is 170 Å². The molecule has 4 fully saturated rings. The van der Waals surface area contributed by atoms with Crippen LogP contribution in [0.5, 0.6) is 0 Å². The first-order chi connectivity index (χ1) is 37.6. The molecule has 5 heteroatoms. The second kappa shape index (κ2) is 19.3. The van der Waals surface area contributed by atoms with E-state index in [4.69, 9.17) is 15.0 Å². The minimum absolute atomic E-state index is 0.478. The Kier molecular flexibility index (Phi) is 12.1. The number of rotatable bonds is 11. The highest BCUT2D eigenvalue weighted by Crippen LogP contribution is 2.69. The lowest BCUT2D eigenvalue weighted by Gasteiger charge is -2.61. The number of benzene rings is 7. The molecule has 0 N–H and O–H groups in total. The zero-order valence-electron chi connectivity index (χ0n) is 46.0. The molecule has 3 aromatic heterocycles. The van der Waals surface area contributed by atoms with Gasteiger partial charge in [0.1, 0.15) is 0 Å². The quantitative estimate of drug-likeness (QED) is 0.130. The molecular formula is C72H75N5. The molecule has 0 saturated heterocycles. The van der Waals surface area contributed by atoms with Crippen molar-refractivity contribution < 1.29 is 0 Å². The zero-order chi connectivity index (χ0) is 52.0. The van der Waals surface area contributed by atoms with Crippen molar-refractivity contribution in [2.75, 3.05) is 0 Å². The topological polar surface area (TPSA) is 48.5 Å². The summed E-state index contributed by atoms with van der Waals surface area (Å²) in [6, 6.07) is 61.7. The summed E-state index contributed by atoms with van der Waals surface area (Å²) in [7, 11) is 0. The van der Waals surface area contributed by atoms with Crippen molar-refractivity contribution >= 4 is 43.6 Å². The summed E-state index contributed by atoms with van der Waals surface area (Å²) in [5.41, 5.74) is 12.4. The highest BCUT2D eigenvalue weighted by molar-refractivity contribution is 6.19. The Balaban J connectivity index is 0.761. The molecule has 9 atom stereocenters. The first kappa shape index (κ1) is 48.5. The van der Waals surface area contributed by atoms with E-state index < -0.39 is 0 Å².